The van der Waals surface area contributed by atoms with Gasteiger partial charge in [0.2, 0.25) is 0 Å². The number of piperidine rings is 1. The Balaban J connectivity index is 0.00000218. The predicted molar refractivity (Wildman–Crippen MR) is 113 cm³/mol. The summed E-state index contributed by atoms with van der Waals surface area (Å²) in [5.74, 6) is 0.303. The van der Waals surface area contributed by atoms with Crippen LogP contribution in [0.3, 0.4) is 0 Å². The van der Waals surface area contributed by atoms with Crippen LogP contribution in [0.15, 0.2) is 28.8 Å². The monoisotopic (exact) mass is 435 g/mol. The van der Waals surface area contributed by atoms with Crippen molar-refractivity contribution in [3.05, 3.63) is 29.8 Å². The van der Waals surface area contributed by atoms with E-state index in [0.717, 1.165) is 12.8 Å². The summed E-state index contributed by atoms with van der Waals surface area (Å²) in [5.41, 5.74) is 0.513. The molecule has 5 rings (SSSR count). The Bertz CT molecular complexity index is 904. The highest BCUT2D eigenvalue weighted by molar-refractivity contribution is 5.99. The molecular weight excluding hydrogens is 410 g/mol. The number of hydrogen-bond acceptors (Lipinski definition) is 7. The Morgan fingerprint density at radius 1 is 1.27 bits per heavy atom. The van der Waals surface area contributed by atoms with Gasteiger partial charge in [-0.2, -0.15) is 0 Å². The van der Waals surface area contributed by atoms with Crippen molar-refractivity contribution in [1.29, 1.82) is 0 Å². The maximum atomic E-state index is 12.1. The van der Waals surface area contributed by atoms with Gasteiger partial charge in [0.15, 0.2) is 17.1 Å². The van der Waals surface area contributed by atoms with Gasteiger partial charge in [-0.1, -0.05) is 5.16 Å². The average Bonchev–Trinajstić information content (AvgIpc) is 3.32. The smallest absolute Gasteiger partial charge is 0.343 e. The molecule has 3 saturated heterocycles. The van der Waals surface area contributed by atoms with Crippen LogP contribution in [-0.2, 0) is 4.74 Å². The molecule has 2 bridgehead atoms. The highest BCUT2D eigenvalue weighted by atomic mass is 35.5. The standard InChI is InChI=1S/C21H25N3O5.ClH/c1-27-16-6-2-13(3-7-16)18-17(20(25)26)19(23-29-18)24-8-9-28-21(12-24)10-14-4-5-15(11-21)22-14;/h2-3,6-7,14-15,22H,4-5,8-12H2,1H3,(H,25,26);1H/t14-,15+,21?;. The van der Waals surface area contributed by atoms with E-state index in [1.807, 2.05) is 4.90 Å². The third-order valence-electron chi connectivity index (χ3n) is 6.36. The van der Waals surface area contributed by atoms with Crippen LogP contribution < -0.4 is 15.0 Å². The minimum Gasteiger partial charge on any atom is -0.497 e. The number of carboxylic acids is 1. The number of halogens is 1. The number of nitrogens with one attached hydrogen (secondary N) is 1. The molecule has 0 radical (unpaired) electrons. The molecule has 1 aromatic heterocycles. The molecule has 0 amide bonds. The number of nitrogens with zero attached hydrogens (tertiary/aromatic N) is 2. The van der Waals surface area contributed by atoms with Crippen molar-refractivity contribution < 1.29 is 23.9 Å². The van der Waals surface area contributed by atoms with Gasteiger partial charge in [-0.05, 0) is 49.9 Å². The molecule has 2 aromatic rings. The van der Waals surface area contributed by atoms with Gasteiger partial charge in [0, 0.05) is 30.7 Å². The maximum absolute atomic E-state index is 12.1. The zero-order valence-corrected chi connectivity index (χ0v) is 17.6. The summed E-state index contributed by atoms with van der Waals surface area (Å²) < 4.78 is 17.0. The summed E-state index contributed by atoms with van der Waals surface area (Å²) in [4.78, 5) is 14.2. The Labute approximate surface area is 180 Å². The molecule has 1 unspecified atom stereocenters. The molecular formula is C21H26ClN3O5. The van der Waals surface area contributed by atoms with Crippen molar-refractivity contribution in [2.45, 2.75) is 43.4 Å². The Morgan fingerprint density at radius 2 is 1.97 bits per heavy atom. The number of methoxy groups -OCH3 is 1. The molecule has 0 aliphatic carbocycles. The van der Waals surface area contributed by atoms with Gasteiger partial charge in [-0.3, -0.25) is 0 Å². The van der Waals surface area contributed by atoms with E-state index in [-0.39, 0.29) is 29.3 Å². The molecule has 4 heterocycles. The van der Waals surface area contributed by atoms with E-state index in [2.05, 4.69) is 10.5 Å². The van der Waals surface area contributed by atoms with Crippen LogP contribution in [-0.4, -0.2) is 60.7 Å². The normalized spacial score (nSPS) is 27.7. The van der Waals surface area contributed by atoms with Gasteiger partial charge in [0.05, 0.1) is 19.3 Å². The third-order valence-corrected chi connectivity index (χ3v) is 6.36. The maximum Gasteiger partial charge on any atom is 0.343 e. The van der Waals surface area contributed by atoms with Crippen LogP contribution in [0.1, 0.15) is 36.0 Å². The van der Waals surface area contributed by atoms with E-state index < -0.39 is 5.97 Å². The predicted octanol–water partition coefficient (Wildman–Crippen LogP) is 2.96. The second kappa shape index (κ2) is 8.09. The fraction of sp³-hybridized carbons (Fsp3) is 0.524. The zero-order chi connectivity index (χ0) is 20.0. The Kier molecular flexibility index (Phi) is 5.65. The Hall–Kier alpha value is -2.29. The number of fused-ring (bicyclic) bond motifs is 2. The number of aromatic nitrogens is 1. The van der Waals surface area contributed by atoms with Crippen LogP contribution in [0.5, 0.6) is 5.75 Å². The summed E-state index contributed by atoms with van der Waals surface area (Å²) in [6.45, 7) is 1.79. The van der Waals surface area contributed by atoms with Crippen LogP contribution in [0, 0.1) is 0 Å². The quantitative estimate of drug-likeness (QED) is 0.756. The van der Waals surface area contributed by atoms with Crippen LogP contribution in [0.4, 0.5) is 5.82 Å². The highest BCUT2D eigenvalue weighted by Gasteiger charge is 2.47. The highest BCUT2D eigenvalue weighted by Crippen LogP contribution is 2.41. The number of anilines is 1. The number of hydrogen-bond donors (Lipinski definition) is 2. The molecule has 3 aliphatic heterocycles. The second-order valence-corrected chi connectivity index (χ2v) is 8.24. The molecule has 1 aromatic carbocycles. The molecule has 0 saturated carbocycles. The van der Waals surface area contributed by atoms with Gasteiger partial charge < -0.3 is 29.3 Å². The summed E-state index contributed by atoms with van der Waals surface area (Å²) in [7, 11) is 1.59. The average molecular weight is 436 g/mol. The Morgan fingerprint density at radius 3 is 2.60 bits per heavy atom. The number of carboxylic acid groups (broad SMARTS) is 1. The molecule has 2 N–H and O–H groups in total. The number of ether oxygens (including phenoxy) is 2. The first-order valence-electron chi connectivity index (χ1n) is 10.1. The third kappa shape index (κ3) is 3.64. The van der Waals surface area contributed by atoms with Crippen LogP contribution >= 0.6 is 12.4 Å². The van der Waals surface area contributed by atoms with E-state index in [0.29, 0.717) is 48.9 Å². The van der Waals surface area contributed by atoms with E-state index in [1.165, 1.54) is 12.8 Å². The van der Waals surface area contributed by atoms with Gasteiger partial charge in [-0.25, -0.2) is 4.79 Å². The molecule has 30 heavy (non-hydrogen) atoms. The van der Waals surface area contributed by atoms with Gasteiger partial charge >= 0.3 is 5.97 Å². The number of carbonyl (C=O) groups is 1. The second-order valence-electron chi connectivity index (χ2n) is 8.24. The van der Waals surface area contributed by atoms with Crippen LogP contribution in [0.2, 0.25) is 0 Å². The van der Waals surface area contributed by atoms with Crippen molar-refractivity contribution in [1.82, 2.24) is 10.5 Å². The fourth-order valence-corrected chi connectivity index (χ4v) is 5.11. The van der Waals surface area contributed by atoms with Gasteiger partial charge in [0.1, 0.15) is 5.75 Å². The number of rotatable bonds is 4. The largest absolute Gasteiger partial charge is 0.497 e. The number of benzene rings is 1. The lowest BCUT2D eigenvalue weighted by Gasteiger charge is -2.47. The van der Waals surface area contributed by atoms with Crippen molar-refractivity contribution in [3.8, 4) is 17.1 Å². The van der Waals surface area contributed by atoms with E-state index in [4.69, 9.17) is 14.0 Å². The van der Waals surface area contributed by atoms with E-state index >= 15 is 0 Å². The first-order chi connectivity index (χ1) is 14.1. The van der Waals surface area contributed by atoms with E-state index in [9.17, 15) is 9.90 Å². The summed E-state index contributed by atoms with van der Waals surface area (Å²) >= 11 is 0. The molecule has 3 aliphatic rings. The minimum atomic E-state index is -1.04. The summed E-state index contributed by atoms with van der Waals surface area (Å²) in [6, 6.07) is 8.08. The lowest BCUT2D eigenvalue weighted by molar-refractivity contribution is -0.0846. The summed E-state index contributed by atoms with van der Waals surface area (Å²) in [6.07, 6.45) is 4.26. The minimum absolute atomic E-state index is 0. The topological polar surface area (TPSA) is 97.1 Å². The molecule has 9 heteroatoms. The van der Waals surface area contributed by atoms with Gasteiger partial charge in [0.25, 0.3) is 0 Å². The number of morpholine rings is 1. The fourth-order valence-electron chi connectivity index (χ4n) is 5.11. The summed E-state index contributed by atoms with van der Waals surface area (Å²) in [5, 5.41) is 17.8. The molecule has 3 atom stereocenters. The molecule has 1 spiro atoms. The van der Waals surface area contributed by atoms with Crippen molar-refractivity contribution in [2.75, 3.05) is 31.7 Å². The van der Waals surface area contributed by atoms with E-state index in [1.54, 1.807) is 31.4 Å². The molecule has 8 nitrogen and oxygen atoms in total. The lowest BCUT2D eigenvalue weighted by Crippen LogP contribution is -2.59. The zero-order valence-electron chi connectivity index (χ0n) is 16.8. The van der Waals surface area contributed by atoms with Crippen molar-refractivity contribution in [3.63, 3.8) is 0 Å². The molecule has 3 fully saturated rings. The SMILES string of the molecule is COc1ccc(-c2onc(N3CCOC4(C[C@H]5CC[C@@H](C4)N5)C3)c2C(=O)O)cc1.Cl. The first kappa shape index (κ1) is 21.0. The first-order valence-corrected chi connectivity index (χ1v) is 10.1. The van der Waals surface area contributed by atoms with Gasteiger partial charge in [-0.15, -0.1) is 12.4 Å². The molecule has 162 valence electrons. The lowest BCUT2D eigenvalue weighted by atomic mass is 9.85. The van der Waals surface area contributed by atoms with Crippen molar-refractivity contribution >= 4 is 24.2 Å². The van der Waals surface area contributed by atoms with Crippen molar-refractivity contribution in [2.24, 2.45) is 0 Å². The number of aromatic carboxylic acids is 1. The van der Waals surface area contributed by atoms with Crippen LogP contribution in [0.25, 0.3) is 11.3 Å².